The fourth-order valence-corrected chi connectivity index (χ4v) is 6.16. The summed E-state index contributed by atoms with van der Waals surface area (Å²) in [4.78, 5) is 17.6. The van der Waals surface area contributed by atoms with Gasteiger partial charge in [0.05, 0.1) is 20.8 Å². The van der Waals surface area contributed by atoms with Gasteiger partial charge in [-0.15, -0.1) is 0 Å². The van der Waals surface area contributed by atoms with Gasteiger partial charge in [-0.2, -0.15) is 4.99 Å². The van der Waals surface area contributed by atoms with Crippen LogP contribution in [0.2, 0.25) is 0 Å². The first kappa shape index (κ1) is 22.9. The molecule has 4 rings (SSSR count). The molecule has 0 aliphatic rings. The molecule has 1 heterocycles. The van der Waals surface area contributed by atoms with Crippen LogP contribution < -0.4 is 9.11 Å². The van der Waals surface area contributed by atoms with Crippen molar-refractivity contribution in [3.05, 3.63) is 89.0 Å². The lowest BCUT2D eigenvalue weighted by Gasteiger charge is -2.22. The quantitative estimate of drug-likeness (QED) is 0.395. The molecule has 0 atom stereocenters. The average Bonchev–Trinajstić information content (AvgIpc) is 3.16. The minimum atomic E-state index is -3.78. The zero-order valence-corrected chi connectivity index (χ0v) is 19.7. The number of carbonyl (C=O) groups excluding carboxylic acids is 1. The number of thiazole rings is 1. The first-order chi connectivity index (χ1) is 15.8. The number of aryl methyl sites for hydroxylation is 1. The largest absolute Gasteiger partial charge is 0.317 e. The molecular weight excluding hydrogens is 461 g/mol. The van der Waals surface area contributed by atoms with Crippen molar-refractivity contribution < 1.29 is 17.6 Å². The van der Waals surface area contributed by atoms with Crippen molar-refractivity contribution in [1.82, 2.24) is 4.57 Å². The van der Waals surface area contributed by atoms with Crippen LogP contribution in [-0.2, 0) is 16.6 Å². The molecule has 0 bridgehead atoms. The van der Waals surface area contributed by atoms with Gasteiger partial charge in [-0.1, -0.05) is 29.5 Å². The number of rotatable bonds is 6. The zero-order chi connectivity index (χ0) is 23.6. The number of carbonyl (C=O) groups is 1. The second-order valence-electron chi connectivity index (χ2n) is 7.19. The number of halogens is 1. The molecule has 0 saturated carbocycles. The number of fused-ring (bicyclic) bond motifs is 1. The number of benzene rings is 3. The highest BCUT2D eigenvalue weighted by atomic mass is 32.2. The summed E-state index contributed by atoms with van der Waals surface area (Å²) in [5.74, 6) is -0.845. The highest BCUT2D eigenvalue weighted by molar-refractivity contribution is 7.92. The van der Waals surface area contributed by atoms with E-state index in [-0.39, 0.29) is 22.8 Å². The summed E-state index contributed by atoms with van der Waals surface area (Å²) < 4.78 is 43.7. The van der Waals surface area contributed by atoms with Crippen molar-refractivity contribution in [2.24, 2.45) is 4.99 Å². The van der Waals surface area contributed by atoms with Gasteiger partial charge >= 0.3 is 0 Å². The number of para-hydroxylation sites is 1. The number of nitrogens with zero attached hydrogens (tertiary/aromatic N) is 3. The summed E-state index contributed by atoms with van der Waals surface area (Å²) in [6, 6.07) is 19.1. The summed E-state index contributed by atoms with van der Waals surface area (Å²) in [6.07, 6.45) is 0. The molecule has 6 nitrogen and oxygen atoms in total. The lowest BCUT2D eigenvalue weighted by Crippen LogP contribution is -2.30. The van der Waals surface area contributed by atoms with E-state index >= 15 is 0 Å². The normalized spacial score (nSPS) is 12.3. The number of sulfonamides is 1. The van der Waals surface area contributed by atoms with Crippen LogP contribution in [0.1, 0.15) is 24.2 Å². The van der Waals surface area contributed by atoms with Crippen LogP contribution >= 0.6 is 11.3 Å². The molecule has 0 N–H and O–H groups in total. The second-order valence-corrected chi connectivity index (χ2v) is 10.1. The maximum Gasteiger partial charge on any atom is 0.279 e. The molecule has 0 aliphatic heterocycles. The van der Waals surface area contributed by atoms with E-state index in [1.807, 2.05) is 17.6 Å². The molecule has 1 amide bonds. The second kappa shape index (κ2) is 9.29. The molecule has 0 spiro atoms. The smallest absolute Gasteiger partial charge is 0.279 e. The Labute approximate surface area is 195 Å². The predicted molar refractivity (Wildman–Crippen MR) is 128 cm³/mol. The van der Waals surface area contributed by atoms with Crippen LogP contribution in [0.5, 0.6) is 0 Å². The Morgan fingerprint density at radius 1 is 1.03 bits per heavy atom. The summed E-state index contributed by atoms with van der Waals surface area (Å²) in [6.45, 7) is 4.53. The third kappa shape index (κ3) is 4.46. The van der Waals surface area contributed by atoms with Crippen LogP contribution in [0.15, 0.2) is 82.7 Å². The Bertz CT molecular complexity index is 1480. The van der Waals surface area contributed by atoms with Gasteiger partial charge in [-0.05, 0) is 68.4 Å². The first-order valence-electron chi connectivity index (χ1n) is 10.4. The van der Waals surface area contributed by atoms with Gasteiger partial charge in [-0.3, -0.25) is 9.10 Å². The van der Waals surface area contributed by atoms with Crippen LogP contribution in [-0.4, -0.2) is 25.4 Å². The third-order valence-electron chi connectivity index (χ3n) is 5.18. The molecule has 1 aromatic heterocycles. The highest BCUT2D eigenvalue weighted by Gasteiger charge is 2.23. The summed E-state index contributed by atoms with van der Waals surface area (Å²) >= 11 is 1.23. The molecule has 0 aliphatic carbocycles. The third-order valence-corrected chi connectivity index (χ3v) is 8.14. The van der Waals surface area contributed by atoms with Gasteiger partial charge < -0.3 is 4.57 Å². The molecule has 0 radical (unpaired) electrons. The Balaban J connectivity index is 1.66. The molecule has 3 aromatic carbocycles. The van der Waals surface area contributed by atoms with Crippen molar-refractivity contribution in [1.29, 1.82) is 0 Å². The van der Waals surface area contributed by atoms with Crippen molar-refractivity contribution in [2.75, 3.05) is 10.8 Å². The van der Waals surface area contributed by atoms with Crippen LogP contribution in [0.25, 0.3) is 10.2 Å². The van der Waals surface area contributed by atoms with Crippen LogP contribution in [0.4, 0.5) is 10.1 Å². The first-order valence-corrected chi connectivity index (χ1v) is 12.7. The molecule has 0 unspecified atom stereocenters. The van der Waals surface area contributed by atoms with Crippen molar-refractivity contribution in [2.45, 2.75) is 25.3 Å². The van der Waals surface area contributed by atoms with Crippen LogP contribution in [0, 0.1) is 5.82 Å². The number of amides is 1. The van der Waals surface area contributed by atoms with Gasteiger partial charge in [-0.25, -0.2) is 12.8 Å². The molecule has 170 valence electrons. The summed E-state index contributed by atoms with van der Waals surface area (Å²) in [5.41, 5.74) is 1.64. The van der Waals surface area contributed by atoms with E-state index in [2.05, 4.69) is 4.99 Å². The Morgan fingerprint density at radius 2 is 1.73 bits per heavy atom. The van der Waals surface area contributed by atoms with Gasteiger partial charge in [0, 0.05) is 18.7 Å². The van der Waals surface area contributed by atoms with E-state index in [0.29, 0.717) is 21.7 Å². The fourth-order valence-electron chi connectivity index (χ4n) is 3.57. The van der Waals surface area contributed by atoms with Gasteiger partial charge in [0.1, 0.15) is 5.82 Å². The lowest BCUT2D eigenvalue weighted by atomic mass is 10.2. The van der Waals surface area contributed by atoms with Crippen molar-refractivity contribution in [3.8, 4) is 0 Å². The average molecular weight is 484 g/mol. The van der Waals surface area contributed by atoms with Gasteiger partial charge in [0.15, 0.2) is 4.80 Å². The van der Waals surface area contributed by atoms with Crippen molar-refractivity contribution in [3.63, 3.8) is 0 Å². The van der Waals surface area contributed by atoms with Gasteiger partial charge in [0.25, 0.3) is 15.9 Å². The molecular formula is C24H22FN3O3S2. The lowest BCUT2D eigenvalue weighted by molar-refractivity contribution is 0.0997. The summed E-state index contributed by atoms with van der Waals surface area (Å²) in [7, 11) is -3.78. The minimum absolute atomic E-state index is 0.0886. The molecule has 0 fully saturated rings. The van der Waals surface area contributed by atoms with Crippen LogP contribution in [0.3, 0.4) is 0 Å². The maximum absolute atomic E-state index is 13.6. The summed E-state index contributed by atoms with van der Waals surface area (Å²) in [5, 5.41) is 0. The standard InChI is InChI=1S/C24H22FN3O3S2/c1-3-27-21-15-12-18(25)16-22(21)32-24(27)26-23(29)17-10-13-20(14-11-17)33(30,31)28(4-2)19-8-6-5-7-9-19/h5-16H,3-4H2,1-2H3. The molecule has 0 saturated heterocycles. The minimum Gasteiger partial charge on any atom is -0.317 e. The number of hydrogen-bond donors (Lipinski definition) is 0. The zero-order valence-electron chi connectivity index (χ0n) is 18.1. The van der Waals surface area contributed by atoms with E-state index in [1.165, 1.54) is 52.0 Å². The number of aromatic nitrogens is 1. The predicted octanol–water partition coefficient (Wildman–Crippen LogP) is 4.82. The number of anilines is 1. The highest BCUT2D eigenvalue weighted by Crippen LogP contribution is 2.24. The maximum atomic E-state index is 13.6. The van der Waals surface area contributed by atoms with E-state index in [1.54, 1.807) is 37.3 Å². The fraction of sp³-hybridized carbons (Fsp3) is 0.167. The molecule has 33 heavy (non-hydrogen) atoms. The molecule has 9 heteroatoms. The van der Waals surface area contributed by atoms with Gasteiger partial charge in [0.2, 0.25) is 0 Å². The van der Waals surface area contributed by atoms with E-state index in [0.717, 1.165) is 5.52 Å². The Hall–Kier alpha value is -3.30. The topological polar surface area (TPSA) is 71.7 Å². The number of hydrogen-bond acceptors (Lipinski definition) is 4. The van der Waals surface area contributed by atoms with Crippen molar-refractivity contribution >= 4 is 43.2 Å². The Morgan fingerprint density at radius 3 is 2.36 bits per heavy atom. The Kier molecular flexibility index (Phi) is 6.44. The SMILES string of the molecule is CCN(c1ccccc1)S(=O)(=O)c1ccc(C(=O)N=c2sc3cc(F)ccc3n2CC)cc1. The van der Waals surface area contributed by atoms with E-state index < -0.39 is 15.9 Å². The molecule has 4 aromatic rings. The van der Waals surface area contributed by atoms with E-state index in [4.69, 9.17) is 0 Å². The van der Waals surface area contributed by atoms with E-state index in [9.17, 15) is 17.6 Å². The monoisotopic (exact) mass is 483 g/mol.